The second kappa shape index (κ2) is 6.01. The third-order valence-corrected chi connectivity index (χ3v) is 2.86. The van der Waals surface area contributed by atoms with Crippen LogP contribution >= 0.6 is 0 Å². The van der Waals surface area contributed by atoms with E-state index in [4.69, 9.17) is 4.84 Å². The number of nitrogens with zero attached hydrogens (tertiary/aromatic N) is 1. The summed E-state index contributed by atoms with van der Waals surface area (Å²) in [6.07, 6.45) is 2.91. The van der Waals surface area contributed by atoms with Crippen molar-refractivity contribution >= 4 is 6.21 Å². The smallest absolute Gasteiger partial charge is 0.142 e. The first-order valence-electron chi connectivity index (χ1n) is 5.95. The topological polar surface area (TPSA) is 21.6 Å². The fourth-order valence-electron chi connectivity index (χ4n) is 1.65. The van der Waals surface area contributed by atoms with Crippen LogP contribution in [0.4, 0.5) is 0 Å². The van der Waals surface area contributed by atoms with Crippen LogP contribution in [0.3, 0.4) is 0 Å². The van der Waals surface area contributed by atoms with Gasteiger partial charge in [0.2, 0.25) is 0 Å². The van der Waals surface area contributed by atoms with Crippen LogP contribution in [-0.2, 0) is 11.4 Å². The molecule has 0 aliphatic heterocycles. The van der Waals surface area contributed by atoms with Gasteiger partial charge in [0, 0.05) is 5.56 Å². The molecule has 0 saturated carbocycles. The van der Waals surface area contributed by atoms with Gasteiger partial charge in [-0.25, -0.2) is 0 Å². The highest BCUT2D eigenvalue weighted by Crippen LogP contribution is 2.08. The maximum absolute atomic E-state index is 5.27. The molecule has 0 N–H and O–H groups in total. The highest BCUT2D eigenvalue weighted by Gasteiger charge is 1.97. The normalized spacial score (nSPS) is 10.8. The number of hydrogen-bond acceptors (Lipinski definition) is 2. The largest absolute Gasteiger partial charge is 0.390 e. The van der Waals surface area contributed by atoms with Crippen molar-refractivity contribution in [3.8, 4) is 0 Å². The molecule has 2 nitrogen and oxygen atoms in total. The van der Waals surface area contributed by atoms with Crippen molar-refractivity contribution < 1.29 is 4.84 Å². The Morgan fingerprint density at radius 3 is 2.33 bits per heavy atom. The lowest BCUT2D eigenvalue weighted by Crippen LogP contribution is -1.92. The zero-order valence-corrected chi connectivity index (χ0v) is 10.7. The SMILES string of the molecule is Cc1ccccc1/[C]=N\OCc1ccccc1C. The molecule has 0 saturated heterocycles. The van der Waals surface area contributed by atoms with Gasteiger partial charge in [-0.2, -0.15) is 0 Å². The van der Waals surface area contributed by atoms with Crippen molar-refractivity contribution in [3.05, 3.63) is 70.8 Å². The van der Waals surface area contributed by atoms with Crippen LogP contribution in [0.15, 0.2) is 53.7 Å². The first-order valence-corrected chi connectivity index (χ1v) is 5.95. The monoisotopic (exact) mass is 238 g/mol. The van der Waals surface area contributed by atoms with Crippen molar-refractivity contribution in [1.29, 1.82) is 0 Å². The van der Waals surface area contributed by atoms with Gasteiger partial charge in [-0.15, -0.1) is 0 Å². The third kappa shape index (κ3) is 3.20. The minimum Gasteiger partial charge on any atom is -0.390 e. The lowest BCUT2D eigenvalue weighted by Gasteiger charge is -2.03. The maximum atomic E-state index is 5.27. The van der Waals surface area contributed by atoms with Crippen LogP contribution in [0.5, 0.6) is 0 Å². The van der Waals surface area contributed by atoms with E-state index < -0.39 is 0 Å². The maximum Gasteiger partial charge on any atom is 0.142 e. The Kier molecular flexibility index (Phi) is 4.13. The van der Waals surface area contributed by atoms with E-state index in [0.717, 1.165) is 16.7 Å². The molecule has 0 unspecified atom stereocenters. The Morgan fingerprint density at radius 1 is 0.944 bits per heavy atom. The van der Waals surface area contributed by atoms with Gasteiger partial charge in [0.05, 0.1) is 0 Å². The molecular formula is C16H16NO. The molecule has 2 aromatic carbocycles. The zero-order chi connectivity index (χ0) is 12.8. The minimum atomic E-state index is 0.478. The van der Waals surface area contributed by atoms with E-state index in [2.05, 4.69) is 24.4 Å². The molecule has 0 fully saturated rings. The molecule has 2 aromatic rings. The molecule has 0 atom stereocenters. The van der Waals surface area contributed by atoms with E-state index in [1.165, 1.54) is 5.56 Å². The quantitative estimate of drug-likeness (QED) is 0.587. The Labute approximate surface area is 108 Å². The number of rotatable bonds is 4. The molecule has 0 heterocycles. The van der Waals surface area contributed by atoms with Gasteiger partial charge in [-0.1, -0.05) is 53.7 Å². The predicted octanol–water partition coefficient (Wildman–Crippen LogP) is 3.73. The average molecular weight is 238 g/mol. The predicted molar refractivity (Wildman–Crippen MR) is 73.7 cm³/mol. The Balaban J connectivity index is 1.93. The molecule has 0 aliphatic carbocycles. The molecule has 18 heavy (non-hydrogen) atoms. The summed E-state index contributed by atoms with van der Waals surface area (Å²) in [5.41, 5.74) is 4.46. The average Bonchev–Trinajstić information content (AvgIpc) is 2.38. The zero-order valence-electron chi connectivity index (χ0n) is 10.7. The Bertz CT molecular complexity index is 546. The molecule has 2 rings (SSSR count). The number of aryl methyl sites for hydroxylation is 2. The fourth-order valence-corrected chi connectivity index (χ4v) is 1.65. The first-order chi connectivity index (χ1) is 8.77. The van der Waals surface area contributed by atoms with E-state index in [1.54, 1.807) is 0 Å². The van der Waals surface area contributed by atoms with E-state index >= 15 is 0 Å². The van der Waals surface area contributed by atoms with Crippen molar-refractivity contribution in [2.75, 3.05) is 0 Å². The summed E-state index contributed by atoms with van der Waals surface area (Å²) in [7, 11) is 0. The lowest BCUT2D eigenvalue weighted by atomic mass is 10.1. The molecular weight excluding hydrogens is 222 g/mol. The first kappa shape index (κ1) is 12.4. The molecule has 0 aromatic heterocycles. The van der Waals surface area contributed by atoms with E-state index in [9.17, 15) is 0 Å². The molecule has 0 aliphatic rings. The standard InChI is InChI=1S/C16H16NO/c1-13-7-3-5-9-15(13)11-17-18-12-16-10-6-4-8-14(16)2/h3-10H,12H2,1-2H3. The summed E-state index contributed by atoms with van der Waals surface area (Å²) in [4.78, 5) is 5.27. The van der Waals surface area contributed by atoms with Crippen molar-refractivity contribution in [1.82, 2.24) is 0 Å². The van der Waals surface area contributed by atoms with Gasteiger partial charge in [0.15, 0.2) is 0 Å². The van der Waals surface area contributed by atoms with Crippen LogP contribution in [0.25, 0.3) is 0 Å². The molecule has 0 bridgehead atoms. The highest BCUT2D eigenvalue weighted by atomic mass is 16.6. The Morgan fingerprint density at radius 2 is 1.61 bits per heavy atom. The van der Waals surface area contributed by atoms with Gasteiger partial charge in [0.25, 0.3) is 0 Å². The summed E-state index contributed by atoms with van der Waals surface area (Å²) >= 11 is 0. The summed E-state index contributed by atoms with van der Waals surface area (Å²) in [6, 6.07) is 16.1. The van der Waals surface area contributed by atoms with Gasteiger partial charge >= 0.3 is 0 Å². The highest BCUT2D eigenvalue weighted by molar-refractivity contribution is 5.81. The molecule has 0 spiro atoms. The van der Waals surface area contributed by atoms with Crippen molar-refractivity contribution in [2.24, 2.45) is 5.16 Å². The van der Waals surface area contributed by atoms with Gasteiger partial charge in [0.1, 0.15) is 12.8 Å². The number of hydrogen-bond donors (Lipinski definition) is 0. The molecule has 2 heteroatoms. The Hall–Kier alpha value is -2.09. The van der Waals surface area contributed by atoms with Crippen LogP contribution in [0.2, 0.25) is 0 Å². The third-order valence-electron chi connectivity index (χ3n) is 2.86. The second-order valence-corrected chi connectivity index (χ2v) is 4.22. The van der Waals surface area contributed by atoms with Gasteiger partial charge in [-0.3, -0.25) is 0 Å². The fraction of sp³-hybridized carbons (Fsp3) is 0.188. The lowest BCUT2D eigenvalue weighted by molar-refractivity contribution is 0.131. The van der Waals surface area contributed by atoms with Crippen molar-refractivity contribution in [3.63, 3.8) is 0 Å². The van der Waals surface area contributed by atoms with Crippen LogP contribution in [0, 0.1) is 13.8 Å². The van der Waals surface area contributed by atoms with E-state index in [-0.39, 0.29) is 0 Å². The molecule has 0 amide bonds. The summed E-state index contributed by atoms with van der Waals surface area (Å²) < 4.78 is 0. The van der Waals surface area contributed by atoms with Gasteiger partial charge < -0.3 is 4.84 Å². The van der Waals surface area contributed by atoms with Crippen molar-refractivity contribution in [2.45, 2.75) is 20.5 Å². The number of benzene rings is 2. The van der Waals surface area contributed by atoms with Gasteiger partial charge in [-0.05, 0) is 30.5 Å². The summed E-state index contributed by atoms with van der Waals surface area (Å²) in [6.45, 7) is 4.57. The van der Waals surface area contributed by atoms with Crippen LogP contribution in [0.1, 0.15) is 22.3 Å². The summed E-state index contributed by atoms with van der Waals surface area (Å²) in [5, 5.41) is 3.89. The van der Waals surface area contributed by atoms with E-state index in [1.807, 2.05) is 49.4 Å². The summed E-state index contributed by atoms with van der Waals surface area (Å²) in [5.74, 6) is 0. The van der Waals surface area contributed by atoms with Crippen LogP contribution < -0.4 is 0 Å². The van der Waals surface area contributed by atoms with Crippen LogP contribution in [-0.4, -0.2) is 6.21 Å². The minimum absolute atomic E-state index is 0.478. The van der Waals surface area contributed by atoms with E-state index in [0.29, 0.717) is 6.61 Å². The second-order valence-electron chi connectivity index (χ2n) is 4.22. The molecule has 91 valence electrons. The molecule has 1 radical (unpaired) electrons.